The number of likely N-dealkylation sites (N-methyl/N-ethyl adjacent to an activating group) is 1. The number of hydrogen-bond acceptors (Lipinski definition) is 6. The molecule has 8 nitrogen and oxygen atoms in total. The number of hydrogen-bond donors (Lipinski definition) is 2. The maximum absolute atomic E-state index is 13.0. The van der Waals surface area contributed by atoms with E-state index in [1.807, 2.05) is 53.4 Å². The molecule has 0 radical (unpaired) electrons. The Balaban J connectivity index is 1.47. The largest absolute Gasteiger partial charge is 0.382 e. The van der Waals surface area contributed by atoms with Crippen molar-refractivity contribution in [2.75, 3.05) is 39.0 Å². The average Bonchev–Trinajstić information content (AvgIpc) is 3.23. The van der Waals surface area contributed by atoms with Gasteiger partial charge in [-0.05, 0) is 31.3 Å². The summed E-state index contributed by atoms with van der Waals surface area (Å²) in [5.41, 5.74) is 10.4. The van der Waals surface area contributed by atoms with E-state index in [0.717, 1.165) is 42.8 Å². The number of nitrogens with zero attached hydrogens (tertiary/aromatic N) is 5. The highest BCUT2D eigenvalue weighted by molar-refractivity contribution is 5.95. The molecule has 1 amide bonds. The Kier molecular flexibility index (Phi) is 4.83. The average molecular weight is 413 g/mol. The topological polar surface area (TPSA) is 104 Å². The highest BCUT2D eigenvalue weighted by atomic mass is 16.2. The quantitative estimate of drug-likeness (QED) is 0.535. The zero-order valence-electron chi connectivity index (χ0n) is 17.2. The van der Waals surface area contributed by atoms with Crippen molar-refractivity contribution in [2.45, 2.75) is 0 Å². The minimum atomic E-state index is 0.0378. The van der Waals surface area contributed by atoms with Gasteiger partial charge < -0.3 is 20.5 Å². The Bertz CT molecular complexity index is 1220. The van der Waals surface area contributed by atoms with E-state index in [4.69, 9.17) is 10.7 Å². The molecule has 0 aliphatic carbocycles. The van der Waals surface area contributed by atoms with Crippen molar-refractivity contribution in [3.63, 3.8) is 0 Å². The van der Waals surface area contributed by atoms with Crippen LogP contribution in [0.5, 0.6) is 0 Å². The van der Waals surface area contributed by atoms with Gasteiger partial charge in [0.2, 0.25) is 0 Å². The number of imidazole rings is 1. The number of piperazine rings is 1. The highest BCUT2D eigenvalue weighted by Gasteiger charge is 2.21. The molecular weight excluding hydrogens is 390 g/mol. The first-order valence-corrected chi connectivity index (χ1v) is 10.2. The van der Waals surface area contributed by atoms with E-state index in [1.165, 1.54) is 0 Å². The monoisotopic (exact) mass is 413 g/mol. The van der Waals surface area contributed by atoms with E-state index < -0.39 is 0 Å². The van der Waals surface area contributed by atoms with Crippen LogP contribution < -0.4 is 5.73 Å². The number of carbonyl (C=O) groups excluding carboxylic acids is 1. The van der Waals surface area contributed by atoms with Crippen LogP contribution in [-0.2, 0) is 0 Å². The first kappa shape index (κ1) is 19.2. The number of fused-ring (bicyclic) bond motifs is 1. The molecule has 0 unspecified atom stereocenters. The highest BCUT2D eigenvalue weighted by Crippen LogP contribution is 2.26. The summed E-state index contributed by atoms with van der Waals surface area (Å²) in [5.74, 6) is 0.904. The van der Waals surface area contributed by atoms with E-state index in [-0.39, 0.29) is 5.91 Å². The zero-order chi connectivity index (χ0) is 21.4. The second-order valence-electron chi connectivity index (χ2n) is 7.77. The molecule has 1 aliphatic rings. The summed E-state index contributed by atoms with van der Waals surface area (Å²) in [6.07, 6.45) is 1.63. The number of amides is 1. The molecule has 5 rings (SSSR count). The molecule has 0 saturated carbocycles. The Morgan fingerprint density at radius 3 is 2.65 bits per heavy atom. The number of aromatic amines is 1. The lowest BCUT2D eigenvalue weighted by molar-refractivity contribution is 0.0664. The SMILES string of the molecule is CN1CCN(C(=O)c2cccc(-c3cnc(N)c(-c4nc5ccccc5[nH]4)n3)c2)CC1. The van der Waals surface area contributed by atoms with Gasteiger partial charge in [0.15, 0.2) is 11.6 Å². The second kappa shape index (κ2) is 7.81. The maximum atomic E-state index is 13.0. The van der Waals surface area contributed by atoms with Gasteiger partial charge in [-0.1, -0.05) is 24.3 Å². The molecule has 0 atom stereocenters. The molecule has 4 aromatic rings. The van der Waals surface area contributed by atoms with Gasteiger partial charge in [0.1, 0.15) is 5.69 Å². The summed E-state index contributed by atoms with van der Waals surface area (Å²) in [5, 5.41) is 0. The fourth-order valence-corrected chi connectivity index (χ4v) is 3.78. The molecule has 1 fully saturated rings. The maximum Gasteiger partial charge on any atom is 0.253 e. The fourth-order valence-electron chi connectivity index (χ4n) is 3.78. The number of benzene rings is 2. The van der Waals surface area contributed by atoms with Crippen molar-refractivity contribution in [1.29, 1.82) is 0 Å². The van der Waals surface area contributed by atoms with Gasteiger partial charge >= 0.3 is 0 Å². The number of carbonyl (C=O) groups is 1. The predicted octanol–water partition coefficient (Wildman–Crippen LogP) is 2.66. The van der Waals surface area contributed by atoms with Crippen molar-refractivity contribution < 1.29 is 4.79 Å². The van der Waals surface area contributed by atoms with Crippen LogP contribution >= 0.6 is 0 Å². The van der Waals surface area contributed by atoms with Crippen LogP contribution in [0.4, 0.5) is 5.82 Å². The van der Waals surface area contributed by atoms with E-state index in [1.54, 1.807) is 6.20 Å². The smallest absolute Gasteiger partial charge is 0.253 e. The molecular formula is C23H23N7O. The Labute approximate surface area is 179 Å². The lowest BCUT2D eigenvalue weighted by Crippen LogP contribution is -2.47. The van der Waals surface area contributed by atoms with Gasteiger partial charge in [-0.15, -0.1) is 0 Å². The van der Waals surface area contributed by atoms with E-state index in [9.17, 15) is 4.79 Å². The van der Waals surface area contributed by atoms with Crippen LogP contribution in [0.1, 0.15) is 10.4 Å². The molecule has 156 valence electrons. The first-order chi connectivity index (χ1) is 15.1. The zero-order valence-corrected chi connectivity index (χ0v) is 17.2. The van der Waals surface area contributed by atoms with Crippen LogP contribution in [0, 0.1) is 0 Å². The van der Waals surface area contributed by atoms with Gasteiger partial charge in [-0.3, -0.25) is 4.79 Å². The van der Waals surface area contributed by atoms with Crippen molar-refractivity contribution in [3.8, 4) is 22.8 Å². The van der Waals surface area contributed by atoms with Gasteiger partial charge in [0, 0.05) is 37.3 Å². The Hall–Kier alpha value is -3.78. The molecule has 1 saturated heterocycles. The molecule has 2 aromatic heterocycles. The number of nitrogens with two attached hydrogens (primary N) is 1. The number of rotatable bonds is 3. The van der Waals surface area contributed by atoms with Crippen LogP contribution in [-0.4, -0.2) is 68.9 Å². The third kappa shape index (κ3) is 3.73. The fraction of sp³-hybridized carbons (Fsp3) is 0.217. The molecule has 3 N–H and O–H groups in total. The van der Waals surface area contributed by atoms with E-state index in [0.29, 0.717) is 28.6 Å². The summed E-state index contributed by atoms with van der Waals surface area (Å²) in [7, 11) is 2.07. The summed E-state index contributed by atoms with van der Waals surface area (Å²) in [6.45, 7) is 3.24. The number of nitrogen functional groups attached to an aromatic ring is 1. The minimum absolute atomic E-state index is 0.0378. The third-order valence-corrected chi connectivity index (χ3v) is 5.61. The standard InChI is InChI=1S/C23H23N7O/c1-29-9-11-30(12-10-29)23(31)16-6-4-5-15(13-16)19-14-25-21(24)20(26-19)22-27-17-7-2-3-8-18(17)28-22/h2-8,13-14H,9-12H2,1H3,(H2,24,25)(H,27,28). The Morgan fingerprint density at radius 2 is 1.84 bits per heavy atom. The van der Waals surface area contributed by atoms with Crippen molar-refractivity contribution in [2.24, 2.45) is 0 Å². The van der Waals surface area contributed by atoms with Gasteiger partial charge in [-0.2, -0.15) is 0 Å². The van der Waals surface area contributed by atoms with Crippen LogP contribution in [0.2, 0.25) is 0 Å². The molecule has 3 heterocycles. The van der Waals surface area contributed by atoms with Crippen LogP contribution in [0.15, 0.2) is 54.7 Å². The number of aromatic nitrogens is 4. The van der Waals surface area contributed by atoms with Crippen molar-refractivity contribution >= 4 is 22.8 Å². The Morgan fingerprint density at radius 1 is 1.03 bits per heavy atom. The number of anilines is 1. The van der Waals surface area contributed by atoms with Gasteiger partial charge in [-0.25, -0.2) is 15.0 Å². The summed E-state index contributed by atoms with van der Waals surface area (Å²) in [6, 6.07) is 15.3. The normalized spacial score (nSPS) is 14.8. The summed E-state index contributed by atoms with van der Waals surface area (Å²) < 4.78 is 0. The number of H-pyrrole nitrogens is 1. The lowest BCUT2D eigenvalue weighted by Gasteiger charge is -2.32. The van der Waals surface area contributed by atoms with E-state index in [2.05, 4.69) is 26.9 Å². The number of nitrogens with one attached hydrogen (secondary N) is 1. The molecule has 31 heavy (non-hydrogen) atoms. The molecule has 8 heteroatoms. The predicted molar refractivity (Wildman–Crippen MR) is 120 cm³/mol. The summed E-state index contributed by atoms with van der Waals surface area (Å²) in [4.78, 5) is 34.0. The molecule has 0 spiro atoms. The first-order valence-electron chi connectivity index (χ1n) is 10.2. The second-order valence-corrected chi connectivity index (χ2v) is 7.77. The van der Waals surface area contributed by atoms with Crippen LogP contribution in [0.25, 0.3) is 33.8 Å². The minimum Gasteiger partial charge on any atom is -0.382 e. The number of para-hydroxylation sites is 2. The van der Waals surface area contributed by atoms with Crippen LogP contribution in [0.3, 0.4) is 0 Å². The lowest BCUT2D eigenvalue weighted by atomic mass is 10.1. The van der Waals surface area contributed by atoms with E-state index >= 15 is 0 Å². The van der Waals surface area contributed by atoms with Crippen molar-refractivity contribution in [3.05, 3.63) is 60.3 Å². The van der Waals surface area contributed by atoms with Gasteiger partial charge in [0.25, 0.3) is 5.91 Å². The molecule has 2 aromatic carbocycles. The molecule has 1 aliphatic heterocycles. The summed E-state index contributed by atoms with van der Waals surface area (Å²) >= 11 is 0. The van der Waals surface area contributed by atoms with Gasteiger partial charge in [0.05, 0.1) is 22.9 Å². The molecule has 0 bridgehead atoms. The van der Waals surface area contributed by atoms with Crippen molar-refractivity contribution in [1.82, 2.24) is 29.7 Å². The third-order valence-electron chi connectivity index (χ3n) is 5.61.